The average Bonchev–Trinajstić information content (AvgIpc) is 3.09. The minimum Gasteiger partial charge on any atom is -0.490 e. The van der Waals surface area contributed by atoms with Crippen molar-refractivity contribution in [2.24, 2.45) is 14.1 Å². The van der Waals surface area contributed by atoms with Crippen LogP contribution in [-0.2, 0) is 24.1 Å². The van der Waals surface area contributed by atoms with Crippen molar-refractivity contribution in [1.82, 2.24) is 13.4 Å². The number of hydrogen-bond donors (Lipinski definition) is 0. The molecule has 2 aliphatic rings. The van der Waals surface area contributed by atoms with Crippen molar-refractivity contribution in [1.29, 1.82) is 0 Å². The summed E-state index contributed by atoms with van der Waals surface area (Å²) in [6.45, 7) is 1.41. The van der Waals surface area contributed by atoms with Crippen molar-refractivity contribution in [3.8, 4) is 11.5 Å². The van der Waals surface area contributed by atoms with E-state index >= 15 is 0 Å². The van der Waals surface area contributed by atoms with Gasteiger partial charge in [-0.15, -0.1) is 0 Å². The molecule has 1 saturated heterocycles. The van der Waals surface area contributed by atoms with E-state index in [1.54, 1.807) is 6.07 Å². The van der Waals surface area contributed by atoms with Crippen LogP contribution in [0.25, 0.3) is 0 Å². The molecule has 0 aliphatic carbocycles. The van der Waals surface area contributed by atoms with E-state index < -0.39 is 32.2 Å². The predicted octanol–water partition coefficient (Wildman–Crippen LogP) is 0.771. The number of fused-ring (bicyclic) bond motifs is 1. The number of aromatic nitrogens is 2. The largest absolute Gasteiger partial charge is 0.490 e. The SMILES string of the molecule is Cn1cc(S(=O)(=O)N2CCC[C@H]2c2ccc3c(c2)OCCCO3)c(=O)n(C)c1=O. The van der Waals surface area contributed by atoms with Gasteiger partial charge in [-0.3, -0.25) is 9.36 Å². The van der Waals surface area contributed by atoms with Gasteiger partial charge in [-0.2, -0.15) is 4.31 Å². The third-order valence-electron chi connectivity index (χ3n) is 5.36. The van der Waals surface area contributed by atoms with E-state index in [-0.39, 0.29) is 0 Å². The molecule has 0 amide bonds. The summed E-state index contributed by atoms with van der Waals surface area (Å²) in [6.07, 6.45) is 3.18. The molecule has 2 aliphatic heterocycles. The van der Waals surface area contributed by atoms with Gasteiger partial charge < -0.3 is 14.0 Å². The lowest BCUT2D eigenvalue weighted by Crippen LogP contribution is -2.42. The monoisotopic (exact) mass is 421 g/mol. The van der Waals surface area contributed by atoms with Crippen molar-refractivity contribution in [2.75, 3.05) is 19.8 Å². The highest BCUT2D eigenvalue weighted by molar-refractivity contribution is 7.89. The molecule has 1 aromatic heterocycles. The van der Waals surface area contributed by atoms with Gasteiger partial charge in [-0.25, -0.2) is 13.2 Å². The molecule has 0 radical (unpaired) electrons. The van der Waals surface area contributed by atoms with Gasteiger partial charge in [0.15, 0.2) is 16.4 Å². The standard InChI is InChI=1S/C19H23N3O6S/c1-20-12-17(18(23)21(2)19(20)24)29(25,26)22-8-3-5-14(22)13-6-7-15-16(11-13)28-10-4-9-27-15/h6-7,11-12,14H,3-5,8-10H2,1-2H3/t14-/m0/s1. The van der Waals surface area contributed by atoms with Crippen LogP contribution in [0, 0.1) is 0 Å². The van der Waals surface area contributed by atoms with Crippen molar-refractivity contribution in [3.63, 3.8) is 0 Å². The third-order valence-corrected chi connectivity index (χ3v) is 7.25. The Morgan fingerprint density at radius 2 is 1.76 bits per heavy atom. The molecule has 9 nitrogen and oxygen atoms in total. The zero-order valence-corrected chi connectivity index (χ0v) is 17.1. The molecule has 2 aromatic rings. The highest BCUT2D eigenvalue weighted by atomic mass is 32.2. The molecule has 1 atom stereocenters. The number of sulfonamides is 1. The summed E-state index contributed by atoms with van der Waals surface area (Å²) < 4.78 is 41.3. The zero-order valence-electron chi connectivity index (χ0n) is 16.3. The fourth-order valence-electron chi connectivity index (χ4n) is 3.83. The maximum atomic E-state index is 13.3. The molecule has 1 aromatic carbocycles. The highest BCUT2D eigenvalue weighted by Crippen LogP contribution is 2.39. The quantitative estimate of drug-likeness (QED) is 0.726. The van der Waals surface area contributed by atoms with Crippen molar-refractivity contribution in [3.05, 3.63) is 50.8 Å². The lowest BCUT2D eigenvalue weighted by Gasteiger charge is -2.25. The second-order valence-electron chi connectivity index (χ2n) is 7.28. The first-order valence-electron chi connectivity index (χ1n) is 9.49. The summed E-state index contributed by atoms with van der Waals surface area (Å²) in [5, 5.41) is 0. The molecular formula is C19H23N3O6S. The van der Waals surface area contributed by atoms with Gasteiger partial charge in [0.2, 0.25) is 0 Å². The van der Waals surface area contributed by atoms with Crippen LogP contribution in [0.2, 0.25) is 0 Å². The van der Waals surface area contributed by atoms with Crippen molar-refractivity contribution < 1.29 is 17.9 Å². The molecule has 0 N–H and O–H groups in total. The van der Waals surface area contributed by atoms with E-state index in [1.807, 2.05) is 12.1 Å². The van der Waals surface area contributed by atoms with E-state index in [0.29, 0.717) is 44.1 Å². The minimum atomic E-state index is -4.09. The Labute approximate surface area is 168 Å². The van der Waals surface area contributed by atoms with Gasteiger partial charge in [0, 0.05) is 33.3 Å². The Morgan fingerprint density at radius 3 is 2.52 bits per heavy atom. The van der Waals surface area contributed by atoms with E-state index in [2.05, 4.69) is 0 Å². The number of rotatable bonds is 3. The molecule has 10 heteroatoms. The molecule has 29 heavy (non-hydrogen) atoms. The van der Waals surface area contributed by atoms with Crippen LogP contribution < -0.4 is 20.7 Å². The number of aryl methyl sites for hydroxylation is 1. The summed E-state index contributed by atoms with van der Waals surface area (Å²) in [5.74, 6) is 1.24. The topological polar surface area (TPSA) is 99.8 Å². The molecule has 1 fully saturated rings. The summed E-state index contributed by atoms with van der Waals surface area (Å²) in [5.41, 5.74) is -0.607. The smallest absolute Gasteiger partial charge is 0.330 e. The van der Waals surface area contributed by atoms with Gasteiger partial charge >= 0.3 is 5.69 Å². The third kappa shape index (κ3) is 3.36. The predicted molar refractivity (Wildman–Crippen MR) is 105 cm³/mol. The summed E-state index contributed by atoms with van der Waals surface area (Å²) in [7, 11) is -1.39. The minimum absolute atomic E-state index is 0.299. The Morgan fingerprint density at radius 1 is 1.03 bits per heavy atom. The van der Waals surface area contributed by atoms with Crippen molar-refractivity contribution in [2.45, 2.75) is 30.2 Å². The number of ether oxygens (including phenoxy) is 2. The Hall–Kier alpha value is -2.59. The molecular weight excluding hydrogens is 398 g/mol. The molecule has 3 heterocycles. The van der Waals surface area contributed by atoms with Crippen LogP contribution in [0.5, 0.6) is 11.5 Å². The Bertz CT molecular complexity index is 1170. The van der Waals surface area contributed by atoms with Gasteiger partial charge in [0.25, 0.3) is 15.6 Å². The summed E-state index contributed by atoms with van der Waals surface area (Å²) in [6, 6.07) is 5.03. The van der Waals surface area contributed by atoms with Crippen LogP contribution in [0.4, 0.5) is 0 Å². The molecule has 0 saturated carbocycles. The second-order valence-corrected chi connectivity index (χ2v) is 9.14. The van der Waals surface area contributed by atoms with Crippen LogP contribution in [0.1, 0.15) is 30.9 Å². The fourth-order valence-corrected chi connectivity index (χ4v) is 5.66. The Balaban J connectivity index is 1.75. The lowest BCUT2D eigenvalue weighted by atomic mass is 10.0. The normalized spacial score (nSPS) is 19.9. The van der Waals surface area contributed by atoms with Gasteiger partial charge in [-0.05, 0) is 30.5 Å². The number of nitrogens with zero attached hydrogens (tertiary/aromatic N) is 3. The first-order valence-corrected chi connectivity index (χ1v) is 10.9. The summed E-state index contributed by atoms with van der Waals surface area (Å²) in [4.78, 5) is 24.1. The number of hydrogen-bond acceptors (Lipinski definition) is 6. The maximum absolute atomic E-state index is 13.3. The van der Waals surface area contributed by atoms with E-state index in [4.69, 9.17) is 9.47 Å². The first-order chi connectivity index (χ1) is 13.8. The second kappa shape index (κ2) is 7.34. The lowest BCUT2D eigenvalue weighted by molar-refractivity contribution is 0.296. The molecule has 0 spiro atoms. The van der Waals surface area contributed by atoms with Gasteiger partial charge in [0.1, 0.15) is 0 Å². The van der Waals surface area contributed by atoms with Crippen LogP contribution in [0.3, 0.4) is 0 Å². The van der Waals surface area contributed by atoms with E-state index in [9.17, 15) is 18.0 Å². The van der Waals surface area contributed by atoms with Crippen LogP contribution >= 0.6 is 0 Å². The van der Waals surface area contributed by atoms with Gasteiger partial charge in [-0.1, -0.05) is 6.07 Å². The van der Waals surface area contributed by atoms with Crippen LogP contribution in [-0.4, -0.2) is 41.6 Å². The average molecular weight is 421 g/mol. The molecule has 156 valence electrons. The highest BCUT2D eigenvalue weighted by Gasteiger charge is 2.38. The fraction of sp³-hybridized carbons (Fsp3) is 0.474. The number of benzene rings is 1. The molecule has 0 unspecified atom stereocenters. The molecule has 0 bridgehead atoms. The van der Waals surface area contributed by atoms with E-state index in [1.165, 1.54) is 18.4 Å². The Kier molecular flexibility index (Phi) is 4.99. The first kappa shape index (κ1) is 19.7. The van der Waals surface area contributed by atoms with Crippen LogP contribution in [0.15, 0.2) is 38.9 Å². The maximum Gasteiger partial charge on any atom is 0.330 e. The van der Waals surface area contributed by atoms with Gasteiger partial charge in [0.05, 0.1) is 19.3 Å². The van der Waals surface area contributed by atoms with Crippen molar-refractivity contribution >= 4 is 10.0 Å². The summed E-state index contributed by atoms with van der Waals surface area (Å²) >= 11 is 0. The zero-order chi connectivity index (χ0) is 20.8. The molecule has 4 rings (SSSR count). The van der Waals surface area contributed by atoms with E-state index in [0.717, 1.165) is 27.3 Å².